The molecule has 0 aliphatic carbocycles. The van der Waals surface area contributed by atoms with Crippen LogP contribution in [0.2, 0.25) is 0 Å². The van der Waals surface area contributed by atoms with Crippen LogP contribution in [-0.2, 0) is 13.0 Å². The minimum Gasteiger partial charge on any atom is -0.495 e. The first-order valence-corrected chi connectivity index (χ1v) is 10.7. The number of ether oxygens (including phenoxy) is 1. The monoisotopic (exact) mass is 416 g/mol. The summed E-state index contributed by atoms with van der Waals surface area (Å²) in [4.78, 5) is 23.8. The Balaban J connectivity index is 1.44. The summed E-state index contributed by atoms with van der Waals surface area (Å²) in [5, 5.41) is 3.38. The second kappa shape index (κ2) is 10.1. The van der Waals surface area contributed by atoms with Crippen molar-refractivity contribution >= 4 is 11.6 Å². The van der Waals surface area contributed by atoms with E-state index in [4.69, 9.17) is 4.74 Å². The molecule has 0 unspecified atom stereocenters. The van der Waals surface area contributed by atoms with Crippen LogP contribution in [0.25, 0.3) is 0 Å². The number of carbonyl (C=O) groups is 1. The quantitative estimate of drug-likeness (QED) is 0.625. The minimum absolute atomic E-state index is 0.0674. The van der Waals surface area contributed by atoms with Crippen molar-refractivity contribution in [2.24, 2.45) is 5.92 Å². The van der Waals surface area contributed by atoms with Crippen molar-refractivity contribution in [2.75, 3.05) is 25.5 Å². The Morgan fingerprint density at radius 3 is 2.90 bits per heavy atom. The lowest BCUT2D eigenvalue weighted by atomic mass is 9.92. The number of benzene rings is 1. The average Bonchev–Trinajstić information content (AvgIpc) is 2.83. The van der Waals surface area contributed by atoms with Crippen LogP contribution in [0.15, 0.2) is 67.1 Å². The second-order valence-corrected chi connectivity index (χ2v) is 7.91. The standard InChI is InChI=1S/C25H28N4O2/c1-31-24-10-9-21(15-23(24)28-17-20-6-4-11-26-16-20)25(30)29-13-5-7-19(18-29)14-22-8-2-3-12-27-22/h2-4,6,8-12,15-16,19,28H,5,7,13-14,17-18H2,1H3/t19-/m0/s1. The fraction of sp³-hybridized carbons (Fsp3) is 0.320. The molecule has 0 spiro atoms. The molecular weight excluding hydrogens is 388 g/mol. The Morgan fingerprint density at radius 1 is 1.19 bits per heavy atom. The number of nitrogens with zero attached hydrogens (tertiary/aromatic N) is 3. The molecule has 6 nitrogen and oxygen atoms in total. The number of nitrogens with one attached hydrogen (secondary N) is 1. The molecule has 1 aromatic carbocycles. The normalized spacial score (nSPS) is 16.0. The third kappa shape index (κ3) is 5.40. The summed E-state index contributed by atoms with van der Waals surface area (Å²) < 4.78 is 5.49. The molecule has 1 aliphatic rings. The fourth-order valence-electron chi connectivity index (χ4n) is 4.09. The average molecular weight is 417 g/mol. The first-order chi connectivity index (χ1) is 15.2. The molecule has 160 valence electrons. The first-order valence-electron chi connectivity index (χ1n) is 10.7. The van der Waals surface area contributed by atoms with Crippen LogP contribution in [0.4, 0.5) is 5.69 Å². The summed E-state index contributed by atoms with van der Waals surface area (Å²) in [6.07, 6.45) is 8.46. The van der Waals surface area contributed by atoms with Crippen molar-refractivity contribution in [1.82, 2.24) is 14.9 Å². The van der Waals surface area contributed by atoms with Crippen molar-refractivity contribution in [1.29, 1.82) is 0 Å². The number of pyridine rings is 2. The Bertz CT molecular complexity index is 995. The fourth-order valence-corrected chi connectivity index (χ4v) is 4.09. The van der Waals surface area contributed by atoms with Gasteiger partial charge in [0.15, 0.2) is 0 Å². The van der Waals surface area contributed by atoms with Gasteiger partial charge >= 0.3 is 0 Å². The van der Waals surface area contributed by atoms with E-state index in [1.165, 1.54) is 0 Å². The third-order valence-corrected chi connectivity index (χ3v) is 5.68. The topological polar surface area (TPSA) is 67.3 Å². The van der Waals surface area contributed by atoms with E-state index >= 15 is 0 Å². The maximum atomic E-state index is 13.3. The highest BCUT2D eigenvalue weighted by molar-refractivity contribution is 5.95. The van der Waals surface area contributed by atoms with Gasteiger partial charge in [0.25, 0.3) is 5.91 Å². The molecule has 3 aromatic rings. The summed E-state index contributed by atoms with van der Waals surface area (Å²) in [7, 11) is 1.64. The smallest absolute Gasteiger partial charge is 0.253 e. The van der Waals surface area contributed by atoms with Gasteiger partial charge in [-0.2, -0.15) is 0 Å². The molecule has 6 heteroatoms. The summed E-state index contributed by atoms with van der Waals surface area (Å²) in [5.41, 5.74) is 3.63. The van der Waals surface area contributed by atoms with Gasteiger partial charge in [-0.05, 0) is 67.1 Å². The number of carbonyl (C=O) groups excluding carboxylic acids is 1. The van der Waals surface area contributed by atoms with Crippen LogP contribution in [0.5, 0.6) is 5.75 Å². The molecule has 4 rings (SSSR count). The molecule has 31 heavy (non-hydrogen) atoms. The molecule has 1 N–H and O–H groups in total. The van der Waals surface area contributed by atoms with Crippen LogP contribution in [0.1, 0.15) is 34.5 Å². The molecule has 0 saturated carbocycles. The van der Waals surface area contributed by atoms with Crippen molar-refractivity contribution < 1.29 is 9.53 Å². The summed E-state index contributed by atoms with van der Waals surface area (Å²) in [6.45, 7) is 2.17. The number of rotatable bonds is 7. The van der Waals surface area contributed by atoms with Crippen LogP contribution >= 0.6 is 0 Å². The number of piperidine rings is 1. The lowest BCUT2D eigenvalue weighted by Gasteiger charge is -2.33. The molecule has 1 aliphatic heterocycles. The minimum atomic E-state index is 0.0674. The van der Waals surface area contributed by atoms with E-state index in [0.29, 0.717) is 23.8 Å². The van der Waals surface area contributed by atoms with E-state index in [2.05, 4.69) is 21.4 Å². The van der Waals surface area contributed by atoms with Gasteiger partial charge in [0.1, 0.15) is 5.75 Å². The van der Waals surface area contributed by atoms with Gasteiger partial charge in [0, 0.05) is 49.5 Å². The van der Waals surface area contributed by atoms with Gasteiger partial charge in [-0.3, -0.25) is 14.8 Å². The molecule has 2 aromatic heterocycles. The zero-order valence-electron chi connectivity index (χ0n) is 17.8. The summed E-state index contributed by atoms with van der Waals surface area (Å²) in [6, 6.07) is 15.5. The highest BCUT2D eigenvalue weighted by Crippen LogP contribution is 2.28. The van der Waals surface area contributed by atoms with Gasteiger partial charge in [-0.15, -0.1) is 0 Å². The van der Waals surface area contributed by atoms with E-state index in [0.717, 1.165) is 49.3 Å². The second-order valence-electron chi connectivity index (χ2n) is 7.91. The van der Waals surface area contributed by atoms with E-state index in [-0.39, 0.29) is 5.91 Å². The number of amides is 1. The highest BCUT2D eigenvalue weighted by atomic mass is 16.5. The Kier molecular flexibility index (Phi) is 6.77. The Hall–Kier alpha value is -3.41. The Morgan fingerprint density at radius 2 is 2.13 bits per heavy atom. The van der Waals surface area contributed by atoms with Gasteiger partial charge in [-0.1, -0.05) is 12.1 Å². The molecule has 3 heterocycles. The van der Waals surface area contributed by atoms with Crippen molar-refractivity contribution in [3.63, 3.8) is 0 Å². The van der Waals surface area contributed by atoms with Crippen LogP contribution in [-0.4, -0.2) is 41.0 Å². The lowest BCUT2D eigenvalue weighted by Crippen LogP contribution is -2.40. The number of hydrogen-bond donors (Lipinski definition) is 1. The number of likely N-dealkylation sites (tertiary alicyclic amines) is 1. The zero-order valence-corrected chi connectivity index (χ0v) is 17.8. The van der Waals surface area contributed by atoms with Gasteiger partial charge < -0.3 is 15.0 Å². The number of hydrogen-bond acceptors (Lipinski definition) is 5. The molecule has 0 radical (unpaired) electrons. The van der Waals surface area contributed by atoms with E-state index in [9.17, 15) is 4.79 Å². The van der Waals surface area contributed by atoms with Crippen molar-refractivity contribution in [2.45, 2.75) is 25.8 Å². The summed E-state index contributed by atoms with van der Waals surface area (Å²) in [5.74, 6) is 1.22. The van der Waals surface area contributed by atoms with Crippen molar-refractivity contribution in [3.05, 3.63) is 83.9 Å². The highest BCUT2D eigenvalue weighted by Gasteiger charge is 2.25. The van der Waals surface area contributed by atoms with E-state index < -0.39 is 0 Å². The van der Waals surface area contributed by atoms with E-state index in [1.807, 2.05) is 59.8 Å². The molecule has 1 saturated heterocycles. The maximum absolute atomic E-state index is 13.3. The van der Waals surface area contributed by atoms with Gasteiger partial charge in [0.05, 0.1) is 12.8 Å². The predicted octanol–water partition coefficient (Wildman–Crippen LogP) is 4.19. The molecular formula is C25H28N4O2. The molecule has 1 fully saturated rings. The van der Waals surface area contributed by atoms with Crippen LogP contribution < -0.4 is 10.1 Å². The predicted molar refractivity (Wildman–Crippen MR) is 121 cm³/mol. The lowest BCUT2D eigenvalue weighted by molar-refractivity contribution is 0.0673. The van der Waals surface area contributed by atoms with Crippen molar-refractivity contribution in [3.8, 4) is 5.75 Å². The molecule has 1 amide bonds. The van der Waals surface area contributed by atoms with Gasteiger partial charge in [0.2, 0.25) is 0 Å². The third-order valence-electron chi connectivity index (χ3n) is 5.68. The summed E-state index contributed by atoms with van der Waals surface area (Å²) >= 11 is 0. The van der Waals surface area contributed by atoms with Crippen LogP contribution in [0, 0.1) is 5.92 Å². The van der Waals surface area contributed by atoms with E-state index in [1.54, 1.807) is 13.3 Å². The number of anilines is 1. The first kappa shape index (κ1) is 20.8. The Labute approximate surface area is 183 Å². The SMILES string of the molecule is COc1ccc(C(=O)N2CCC[C@@H](Cc3ccccn3)C2)cc1NCc1cccnc1. The van der Waals surface area contributed by atoms with Gasteiger partial charge in [-0.25, -0.2) is 0 Å². The molecule has 1 atom stereocenters. The van der Waals surface area contributed by atoms with Crippen LogP contribution in [0.3, 0.4) is 0 Å². The largest absolute Gasteiger partial charge is 0.495 e. The number of aromatic nitrogens is 2. The molecule has 0 bridgehead atoms. The number of methoxy groups -OCH3 is 1. The zero-order chi connectivity index (χ0) is 21.5. The maximum Gasteiger partial charge on any atom is 0.253 e.